The van der Waals surface area contributed by atoms with Crippen LogP contribution in [0.5, 0.6) is 0 Å². The average molecular weight is 296 g/mol. The molecule has 0 aliphatic heterocycles. The Kier molecular flexibility index (Phi) is 3.47. The zero-order valence-electron chi connectivity index (χ0n) is 9.33. The van der Waals surface area contributed by atoms with Crippen LogP contribution in [0.15, 0.2) is 34.1 Å². The normalized spacial score (nSPS) is 12.8. The van der Waals surface area contributed by atoms with Gasteiger partial charge in [-0.1, -0.05) is 28.1 Å². The lowest BCUT2D eigenvalue weighted by Crippen LogP contribution is -2.12. The molecule has 0 fully saturated rings. The molecule has 1 aromatic carbocycles. The van der Waals surface area contributed by atoms with Gasteiger partial charge in [0.1, 0.15) is 0 Å². The molecule has 0 aliphatic rings. The molecule has 0 aliphatic carbocycles. The van der Waals surface area contributed by atoms with E-state index in [4.69, 9.17) is 5.73 Å². The Labute approximate surface area is 108 Å². The molecule has 3 heteroatoms. The van der Waals surface area contributed by atoms with Crippen LogP contribution >= 0.6 is 27.3 Å². The Morgan fingerprint density at radius 1 is 1.25 bits per heavy atom. The van der Waals surface area contributed by atoms with Crippen molar-refractivity contribution in [3.8, 4) is 0 Å². The van der Waals surface area contributed by atoms with Crippen molar-refractivity contribution in [3.05, 3.63) is 55.7 Å². The van der Waals surface area contributed by atoms with E-state index in [2.05, 4.69) is 59.4 Å². The van der Waals surface area contributed by atoms with Crippen molar-refractivity contribution in [2.75, 3.05) is 0 Å². The fourth-order valence-corrected chi connectivity index (χ4v) is 2.85. The third-order valence-corrected chi connectivity index (χ3v) is 4.50. The third-order valence-electron chi connectivity index (χ3n) is 2.79. The molecule has 84 valence electrons. The molecule has 1 heterocycles. The van der Waals surface area contributed by atoms with Crippen LogP contribution in [-0.4, -0.2) is 0 Å². The van der Waals surface area contributed by atoms with Crippen molar-refractivity contribution in [2.24, 2.45) is 5.73 Å². The van der Waals surface area contributed by atoms with Crippen LogP contribution in [0, 0.1) is 13.8 Å². The fourth-order valence-electron chi connectivity index (χ4n) is 1.70. The molecule has 16 heavy (non-hydrogen) atoms. The van der Waals surface area contributed by atoms with E-state index in [-0.39, 0.29) is 6.04 Å². The molecule has 2 rings (SSSR count). The monoisotopic (exact) mass is 295 g/mol. The van der Waals surface area contributed by atoms with Crippen LogP contribution < -0.4 is 5.73 Å². The van der Waals surface area contributed by atoms with E-state index < -0.39 is 0 Å². The van der Waals surface area contributed by atoms with Crippen LogP contribution in [0.25, 0.3) is 0 Å². The summed E-state index contributed by atoms with van der Waals surface area (Å²) < 4.78 is 1.12. The van der Waals surface area contributed by atoms with Gasteiger partial charge in [-0.2, -0.15) is 0 Å². The topological polar surface area (TPSA) is 26.0 Å². The van der Waals surface area contributed by atoms with Crippen molar-refractivity contribution < 1.29 is 0 Å². The predicted molar refractivity (Wildman–Crippen MR) is 74.0 cm³/mol. The highest BCUT2D eigenvalue weighted by Gasteiger charge is 2.12. The second kappa shape index (κ2) is 4.70. The summed E-state index contributed by atoms with van der Waals surface area (Å²) >= 11 is 5.29. The van der Waals surface area contributed by atoms with E-state index >= 15 is 0 Å². The van der Waals surface area contributed by atoms with Crippen LogP contribution in [-0.2, 0) is 0 Å². The first-order valence-electron chi connectivity index (χ1n) is 5.15. The van der Waals surface area contributed by atoms with Gasteiger partial charge in [0.2, 0.25) is 0 Å². The predicted octanol–water partition coefficient (Wildman–Crippen LogP) is 4.18. The van der Waals surface area contributed by atoms with Crippen molar-refractivity contribution in [2.45, 2.75) is 19.9 Å². The van der Waals surface area contributed by atoms with Crippen LogP contribution in [0.2, 0.25) is 0 Å². The van der Waals surface area contributed by atoms with Gasteiger partial charge in [0.25, 0.3) is 0 Å². The molecule has 1 aromatic heterocycles. The lowest BCUT2D eigenvalue weighted by atomic mass is 9.99. The highest BCUT2D eigenvalue weighted by molar-refractivity contribution is 9.10. The largest absolute Gasteiger partial charge is 0.320 e. The lowest BCUT2D eigenvalue weighted by molar-refractivity contribution is 0.867. The maximum atomic E-state index is 6.27. The number of hydrogen-bond donors (Lipinski definition) is 1. The van der Waals surface area contributed by atoms with E-state index in [1.807, 2.05) is 0 Å². The summed E-state index contributed by atoms with van der Waals surface area (Å²) in [5, 5.41) is 2.09. The standard InChI is InChI=1S/C13H14BrNS/c1-8-3-4-10(7-12(8)14)13(15)11-5-6-16-9(11)2/h3-7,13H,15H2,1-2H3. The molecular formula is C13H14BrNS. The Morgan fingerprint density at radius 3 is 2.56 bits per heavy atom. The van der Waals surface area contributed by atoms with Crippen LogP contribution in [0.4, 0.5) is 0 Å². The van der Waals surface area contributed by atoms with E-state index in [9.17, 15) is 0 Å². The van der Waals surface area contributed by atoms with Crippen molar-refractivity contribution >= 4 is 27.3 Å². The molecule has 0 radical (unpaired) electrons. The summed E-state index contributed by atoms with van der Waals surface area (Å²) in [6.45, 7) is 4.19. The zero-order chi connectivity index (χ0) is 11.7. The lowest BCUT2D eigenvalue weighted by Gasteiger charge is -2.13. The summed E-state index contributed by atoms with van der Waals surface area (Å²) in [6, 6.07) is 8.39. The van der Waals surface area contributed by atoms with Crippen molar-refractivity contribution in [3.63, 3.8) is 0 Å². The van der Waals surface area contributed by atoms with Gasteiger partial charge in [-0.05, 0) is 48.1 Å². The Hall–Kier alpha value is -0.640. The molecule has 1 nitrogen and oxygen atoms in total. The molecule has 1 unspecified atom stereocenters. The van der Waals surface area contributed by atoms with Gasteiger partial charge in [-0.3, -0.25) is 0 Å². The summed E-state index contributed by atoms with van der Waals surface area (Å²) in [5.41, 5.74) is 9.88. The first-order valence-corrected chi connectivity index (χ1v) is 6.82. The highest BCUT2D eigenvalue weighted by atomic mass is 79.9. The minimum atomic E-state index is -0.0249. The highest BCUT2D eigenvalue weighted by Crippen LogP contribution is 2.28. The van der Waals surface area contributed by atoms with E-state index in [1.54, 1.807) is 11.3 Å². The van der Waals surface area contributed by atoms with Gasteiger partial charge in [0.15, 0.2) is 0 Å². The molecule has 0 saturated heterocycles. The Balaban J connectivity index is 2.38. The van der Waals surface area contributed by atoms with Crippen molar-refractivity contribution in [1.82, 2.24) is 0 Å². The number of aryl methyl sites for hydroxylation is 2. The van der Waals surface area contributed by atoms with Gasteiger partial charge < -0.3 is 5.73 Å². The summed E-state index contributed by atoms with van der Waals surface area (Å²) in [4.78, 5) is 1.30. The number of benzene rings is 1. The average Bonchev–Trinajstić information content (AvgIpc) is 2.67. The summed E-state index contributed by atoms with van der Waals surface area (Å²) in [6.07, 6.45) is 0. The molecule has 0 saturated carbocycles. The van der Waals surface area contributed by atoms with Gasteiger partial charge in [-0.25, -0.2) is 0 Å². The first-order chi connectivity index (χ1) is 7.59. The van der Waals surface area contributed by atoms with Gasteiger partial charge in [-0.15, -0.1) is 11.3 Å². The Bertz CT molecular complexity index is 504. The third kappa shape index (κ3) is 2.21. The fraction of sp³-hybridized carbons (Fsp3) is 0.231. The van der Waals surface area contributed by atoms with Gasteiger partial charge in [0, 0.05) is 9.35 Å². The molecule has 0 amide bonds. The SMILES string of the molecule is Cc1ccc(C(N)c2ccsc2C)cc1Br. The van der Waals surface area contributed by atoms with E-state index in [0.29, 0.717) is 0 Å². The summed E-state index contributed by atoms with van der Waals surface area (Å²) in [5.74, 6) is 0. The molecule has 2 N–H and O–H groups in total. The molecule has 0 bridgehead atoms. The smallest absolute Gasteiger partial charge is 0.0562 e. The number of halogens is 1. The first kappa shape index (κ1) is 11.8. The minimum Gasteiger partial charge on any atom is -0.320 e. The summed E-state index contributed by atoms with van der Waals surface area (Å²) in [7, 11) is 0. The second-order valence-electron chi connectivity index (χ2n) is 3.92. The molecular weight excluding hydrogens is 282 g/mol. The quantitative estimate of drug-likeness (QED) is 0.884. The molecule has 2 aromatic rings. The Morgan fingerprint density at radius 2 is 2.00 bits per heavy atom. The maximum Gasteiger partial charge on any atom is 0.0562 e. The number of nitrogens with two attached hydrogens (primary N) is 1. The number of hydrogen-bond acceptors (Lipinski definition) is 2. The number of rotatable bonds is 2. The zero-order valence-corrected chi connectivity index (χ0v) is 11.7. The van der Waals surface area contributed by atoms with E-state index in [0.717, 1.165) is 10.0 Å². The van der Waals surface area contributed by atoms with Gasteiger partial charge >= 0.3 is 0 Å². The number of thiophene rings is 1. The van der Waals surface area contributed by atoms with Gasteiger partial charge in [0.05, 0.1) is 6.04 Å². The van der Waals surface area contributed by atoms with E-state index in [1.165, 1.54) is 16.0 Å². The van der Waals surface area contributed by atoms with Crippen molar-refractivity contribution in [1.29, 1.82) is 0 Å². The second-order valence-corrected chi connectivity index (χ2v) is 5.89. The minimum absolute atomic E-state index is 0.0249. The van der Waals surface area contributed by atoms with Crippen LogP contribution in [0.3, 0.4) is 0 Å². The molecule has 1 atom stereocenters. The van der Waals surface area contributed by atoms with Crippen LogP contribution in [0.1, 0.15) is 27.6 Å². The molecule has 0 spiro atoms. The maximum absolute atomic E-state index is 6.27.